The van der Waals surface area contributed by atoms with Crippen molar-refractivity contribution in [3.05, 3.63) is 65.6 Å². The minimum atomic E-state index is -0.0332. The van der Waals surface area contributed by atoms with Crippen molar-refractivity contribution in [1.29, 1.82) is 0 Å². The van der Waals surface area contributed by atoms with Crippen molar-refractivity contribution in [2.75, 3.05) is 6.61 Å². The van der Waals surface area contributed by atoms with Crippen LogP contribution in [0.5, 0.6) is 5.75 Å². The summed E-state index contributed by atoms with van der Waals surface area (Å²) in [6, 6.07) is 11.9. The highest BCUT2D eigenvalue weighted by atomic mass is 16.5. The molecule has 26 heavy (non-hydrogen) atoms. The smallest absolute Gasteiger partial charge is 0.261 e. The molecule has 0 atom stereocenters. The van der Waals surface area contributed by atoms with Gasteiger partial charge < -0.3 is 9.64 Å². The fraction of sp³-hybridized carbons (Fsp3) is 0.250. The molecule has 0 fully saturated rings. The quantitative estimate of drug-likeness (QED) is 0.730. The van der Waals surface area contributed by atoms with E-state index in [1.165, 1.54) is 5.56 Å². The van der Waals surface area contributed by atoms with Gasteiger partial charge in [0.1, 0.15) is 11.4 Å². The molecular formula is C20H20N4O2. The molecule has 2 aromatic heterocycles. The standard InChI is InChI=1S/C20H20N4O2/c1-14-5-3-4-6-15(14)11-24-12-18-19(26-13-20(24)25)8-7-17(22-18)16-9-21-23(2)10-16/h3-10H,11-13H2,1-2H3. The highest BCUT2D eigenvalue weighted by Crippen LogP contribution is 2.27. The van der Waals surface area contributed by atoms with E-state index >= 15 is 0 Å². The normalized spacial score (nSPS) is 13.9. The molecule has 0 bridgehead atoms. The van der Waals surface area contributed by atoms with Crippen LogP contribution in [-0.4, -0.2) is 32.2 Å². The molecule has 0 saturated heterocycles. The van der Waals surface area contributed by atoms with Crippen molar-refractivity contribution >= 4 is 5.91 Å². The number of benzene rings is 1. The molecule has 1 aliphatic rings. The van der Waals surface area contributed by atoms with Crippen molar-refractivity contribution < 1.29 is 9.53 Å². The fourth-order valence-corrected chi connectivity index (χ4v) is 3.08. The summed E-state index contributed by atoms with van der Waals surface area (Å²) in [6.07, 6.45) is 3.70. The van der Waals surface area contributed by atoms with Crippen LogP contribution in [0.1, 0.15) is 16.8 Å². The second-order valence-corrected chi connectivity index (χ2v) is 6.51. The largest absolute Gasteiger partial charge is 0.482 e. The summed E-state index contributed by atoms with van der Waals surface area (Å²) in [5, 5.41) is 4.20. The Bertz CT molecular complexity index is 964. The summed E-state index contributed by atoms with van der Waals surface area (Å²) in [4.78, 5) is 19.0. The molecule has 6 nitrogen and oxygen atoms in total. The summed E-state index contributed by atoms with van der Waals surface area (Å²) in [5.74, 6) is 0.632. The first-order chi connectivity index (χ1) is 12.6. The number of rotatable bonds is 3. The zero-order valence-electron chi connectivity index (χ0n) is 14.8. The third-order valence-corrected chi connectivity index (χ3v) is 4.60. The Labute approximate surface area is 152 Å². The fourth-order valence-electron chi connectivity index (χ4n) is 3.08. The molecule has 1 aliphatic heterocycles. The molecular weight excluding hydrogens is 328 g/mol. The summed E-state index contributed by atoms with van der Waals surface area (Å²) >= 11 is 0. The SMILES string of the molecule is Cc1ccccc1CN1Cc2nc(-c3cnn(C)c3)ccc2OCC1=O. The first kappa shape index (κ1) is 16.3. The lowest BCUT2D eigenvalue weighted by molar-refractivity contribution is -0.133. The Kier molecular flexibility index (Phi) is 4.16. The molecule has 3 aromatic rings. The number of fused-ring (bicyclic) bond motifs is 1. The molecule has 0 spiro atoms. The van der Waals surface area contributed by atoms with Gasteiger partial charge in [0.05, 0.1) is 18.4 Å². The zero-order chi connectivity index (χ0) is 18.1. The Morgan fingerprint density at radius 3 is 2.81 bits per heavy atom. The lowest BCUT2D eigenvalue weighted by Gasteiger charge is -2.20. The van der Waals surface area contributed by atoms with Crippen molar-refractivity contribution in [3.63, 3.8) is 0 Å². The number of amides is 1. The minimum absolute atomic E-state index is 0.0332. The molecule has 1 amide bonds. The molecule has 3 heterocycles. The lowest BCUT2D eigenvalue weighted by Crippen LogP contribution is -2.32. The number of carbonyl (C=O) groups excluding carboxylic acids is 1. The molecule has 0 N–H and O–H groups in total. The first-order valence-corrected chi connectivity index (χ1v) is 8.54. The highest BCUT2D eigenvalue weighted by molar-refractivity contribution is 5.78. The maximum Gasteiger partial charge on any atom is 0.261 e. The second-order valence-electron chi connectivity index (χ2n) is 6.51. The van der Waals surface area contributed by atoms with E-state index in [0.717, 1.165) is 22.5 Å². The Morgan fingerprint density at radius 1 is 1.19 bits per heavy atom. The van der Waals surface area contributed by atoms with Crippen LogP contribution in [0.2, 0.25) is 0 Å². The van der Waals surface area contributed by atoms with Crippen LogP contribution < -0.4 is 4.74 Å². The van der Waals surface area contributed by atoms with Crippen LogP contribution in [0.25, 0.3) is 11.3 Å². The van der Waals surface area contributed by atoms with Gasteiger partial charge in [0, 0.05) is 25.4 Å². The summed E-state index contributed by atoms with van der Waals surface area (Å²) in [7, 11) is 1.87. The molecule has 132 valence electrons. The van der Waals surface area contributed by atoms with Gasteiger partial charge in [0.15, 0.2) is 6.61 Å². The van der Waals surface area contributed by atoms with E-state index in [9.17, 15) is 4.79 Å². The van der Waals surface area contributed by atoms with Gasteiger partial charge in [-0.3, -0.25) is 9.48 Å². The second kappa shape index (κ2) is 6.63. The number of aryl methyl sites for hydroxylation is 2. The van der Waals surface area contributed by atoms with E-state index in [1.807, 2.05) is 37.5 Å². The van der Waals surface area contributed by atoms with Gasteiger partial charge in [-0.25, -0.2) is 4.98 Å². The van der Waals surface area contributed by atoms with Crippen molar-refractivity contribution in [3.8, 4) is 17.0 Å². The van der Waals surface area contributed by atoms with Crippen LogP contribution in [0.3, 0.4) is 0 Å². The average molecular weight is 348 g/mol. The van der Waals surface area contributed by atoms with E-state index in [2.05, 4.69) is 24.2 Å². The summed E-state index contributed by atoms with van der Waals surface area (Å²) in [5.41, 5.74) is 4.84. The van der Waals surface area contributed by atoms with Gasteiger partial charge in [-0.05, 0) is 30.2 Å². The predicted molar refractivity (Wildman–Crippen MR) is 97.4 cm³/mol. The maximum atomic E-state index is 12.5. The predicted octanol–water partition coefficient (Wildman–Crippen LogP) is 2.71. The van der Waals surface area contributed by atoms with Gasteiger partial charge in [-0.2, -0.15) is 5.10 Å². The molecule has 0 saturated carbocycles. The number of hydrogen-bond donors (Lipinski definition) is 0. The number of nitrogens with zero attached hydrogens (tertiary/aromatic N) is 4. The minimum Gasteiger partial charge on any atom is -0.482 e. The molecule has 0 radical (unpaired) electrons. The van der Waals surface area contributed by atoms with E-state index in [4.69, 9.17) is 9.72 Å². The number of carbonyl (C=O) groups is 1. The highest BCUT2D eigenvalue weighted by Gasteiger charge is 2.23. The Hall–Kier alpha value is -3.15. The van der Waals surface area contributed by atoms with Crippen molar-refractivity contribution in [2.45, 2.75) is 20.0 Å². The lowest BCUT2D eigenvalue weighted by atomic mass is 10.1. The molecule has 4 rings (SSSR count). The van der Waals surface area contributed by atoms with Gasteiger partial charge >= 0.3 is 0 Å². The summed E-state index contributed by atoms with van der Waals surface area (Å²) < 4.78 is 7.42. The van der Waals surface area contributed by atoms with Crippen LogP contribution in [-0.2, 0) is 24.9 Å². The third kappa shape index (κ3) is 3.18. The monoisotopic (exact) mass is 348 g/mol. The van der Waals surface area contributed by atoms with Crippen LogP contribution in [0.15, 0.2) is 48.8 Å². The van der Waals surface area contributed by atoms with Gasteiger partial charge in [0.2, 0.25) is 0 Å². The van der Waals surface area contributed by atoms with Crippen LogP contribution in [0.4, 0.5) is 0 Å². The van der Waals surface area contributed by atoms with E-state index in [-0.39, 0.29) is 12.5 Å². The van der Waals surface area contributed by atoms with Gasteiger partial charge in [-0.1, -0.05) is 24.3 Å². The Balaban J connectivity index is 1.64. The molecule has 1 aromatic carbocycles. The third-order valence-electron chi connectivity index (χ3n) is 4.60. The van der Waals surface area contributed by atoms with Gasteiger partial charge in [0.25, 0.3) is 5.91 Å². The van der Waals surface area contributed by atoms with E-state index in [1.54, 1.807) is 15.8 Å². The first-order valence-electron chi connectivity index (χ1n) is 8.54. The number of hydrogen-bond acceptors (Lipinski definition) is 4. The zero-order valence-corrected chi connectivity index (χ0v) is 14.8. The molecule has 0 unspecified atom stereocenters. The summed E-state index contributed by atoms with van der Waals surface area (Å²) in [6.45, 7) is 3.07. The molecule has 6 heteroatoms. The number of pyridine rings is 1. The van der Waals surface area contributed by atoms with Crippen molar-refractivity contribution in [1.82, 2.24) is 19.7 Å². The van der Waals surface area contributed by atoms with E-state index in [0.29, 0.717) is 18.8 Å². The maximum absolute atomic E-state index is 12.5. The number of aromatic nitrogens is 3. The van der Waals surface area contributed by atoms with Crippen LogP contribution in [0, 0.1) is 6.92 Å². The van der Waals surface area contributed by atoms with Crippen LogP contribution >= 0.6 is 0 Å². The van der Waals surface area contributed by atoms with Crippen molar-refractivity contribution in [2.24, 2.45) is 7.05 Å². The average Bonchev–Trinajstić information content (AvgIpc) is 3.01. The molecule has 0 aliphatic carbocycles. The number of ether oxygens (including phenoxy) is 1. The Morgan fingerprint density at radius 2 is 2.04 bits per heavy atom. The van der Waals surface area contributed by atoms with E-state index < -0.39 is 0 Å². The van der Waals surface area contributed by atoms with Gasteiger partial charge in [-0.15, -0.1) is 0 Å². The topological polar surface area (TPSA) is 60.3 Å².